The number of aryl methyl sites for hydroxylation is 1. The number of hydrogen-bond donors (Lipinski definition) is 1. The molecule has 0 saturated heterocycles. The van der Waals surface area contributed by atoms with E-state index < -0.39 is 0 Å². The van der Waals surface area contributed by atoms with Crippen LogP contribution in [-0.4, -0.2) is 29.9 Å². The Morgan fingerprint density at radius 2 is 2.14 bits per heavy atom. The van der Waals surface area contributed by atoms with Crippen molar-refractivity contribution in [2.75, 3.05) is 13.7 Å². The molecule has 6 heteroatoms. The monoisotopic (exact) mass is 309 g/mol. The maximum Gasteiger partial charge on any atom is 0.251 e. The summed E-state index contributed by atoms with van der Waals surface area (Å²) in [4.78, 5) is 0. The van der Waals surface area contributed by atoms with Gasteiger partial charge in [0.1, 0.15) is 5.75 Å². The number of ether oxygens (including phenoxy) is 1. The first kappa shape index (κ1) is 15.8. The van der Waals surface area contributed by atoms with Crippen molar-refractivity contribution in [1.29, 1.82) is 0 Å². The van der Waals surface area contributed by atoms with Crippen molar-refractivity contribution < 1.29 is 9.15 Å². The summed E-state index contributed by atoms with van der Waals surface area (Å²) < 4.78 is 11.0. The number of halogens is 1. The molecule has 1 N–H and O–H groups in total. The van der Waals surface area contributed by atoms with E-state index >= 15 is 0 Å². The van der Waals surface area contributed by atoms with Gasteiger partial charge in [-0.3, -0.25) is 0 Å². The third-order valence-electron chi connectivity index (χ3n) is 2.98. The summed E-state index contributed by atoms with van der Waals surface area (Å²) in [6.07, 6.45) is 1.71. The fourth-order valence-corrected chi connectivity index (χ4v) is 2.10. The highest BCUT2D eigenvalue weighted by Crippen LogP contribution is 2.31. The fourth-order valence-electron chi connectivity index (χ4n) is 1.94. The predicted octanol–water partition coefficient (Wildman–Crippen LogP) is 3.33. The normalized spacial score (nSPS) is 11.1. The van der Waals surface area contributed by atoms with Crippen LogP contribution >= 0.6 is 11.6 Å². The lowest BCUT2D eigenvalue weighted by atomic mass is 10.2. The zero-order chi connectivity index (χ0) is 15.2. The van der Waals surface area contributed by atoms with Crippen LogP contribution in [0.2, 0.25) is 5.02 Å². The maximum absolute atomic E-state index is 5.94. The van der Waals surface area contributed by atoms with Gasteiger partial charge in [0.15, 0.2) is 0 Å². The molecule has 0 radical (unpaired) electrons. The summed E-state index contributed by atoms with van der Waals surface area (Å²) in [7, 11) is 1.59. The number of aromatic nitrogens is 2. The SMILES string of the molecule is COc1cc(Cl)ccc1-c1nnc(CCCNC(C)C)o1. The van der Waals surface area contributed by atoms with Crippen molar-refractivity contribution >= 4 is 11.6 Å². The van der Waals surface area contributed by atoms with Gasteiger partial charge < -0.3 is 14.5 Å². The minimum Gasteiger partial charge on any atom is -0.496 e. The van der Waals surface area contributed by atoms with Crippen molar-refractivity contribution in [3.63, 3.8) is 0 Å². The Hall–Kier alpha value is -1.59. The third kappa shape index (κ3) is 4.44. The predicted molar refractivity (Wildman–Crippen MR) is 82.8 cm³/mol. The number of benzene rings is 1. The standard InChI is InChI=1S/C15H20ClN3O2/c1-10(2)17-8-4-5-14-18-19-15(21-14)12-7-6-11(16)9-13(12)20-3/h6-7,9-10,17H,4-5,8H2,1-3H3. The minimum absolute atomic E-state index is 0.454. The van der Waals surface area contributed by atoms with Crippen LogP contribution < -0.4 is 10.1 Å². The Labute approximate surface area is 129 Å². The lowest BCUT2D eigenvalue weighted by Gasteiger charge is -2.06. The van der Waals surface area contributed by atoms with Gasteiger partial charge in [0.2, 0.25) is 5.89 Å². The van der Waals surface area contributed by atoms with E-state index in [0.717, 1.165) is 24.9 Å². The molecule has 0 saturated carbocycles. The molecule has 0 aliphatic rings. The quantitative estimate of drug-likeness (QED) is 0.795. The zero-order valence-corrected chi connectivity index (χ0v) is 13.3. The number of methoxy groups -OCH3 is 1. The first-order chi connectivity index (χ1) is 10.1. The lowest BCUT2D eigenvalue weighted by molar-refractivity contribution is 0.413. The van der Waals surface area contributed by atoms with Gasteiger partial charge in [-0.1, -0.05) is 25.4 Å². The number of nitrogens with zero attached hydrogens (tertiary/aromatic N) is 2. The van der Waals surface area contributed by atoms with Crippen LogP contribution in [0.3, 0.4) is 0 Å². The summed E-state index contributed by atoms with van der Waals surface area (Å²) in [5, 5.41) is 12.1. The molecule has 0 spiro atoms. The maximum atomic E-state index is 5.94. The summed E-state index contributed by atoms with van der Waals surface area (Å²) in [6.45, 7) is 5.18. The summed E-state index contributed by atoms with van der Waals surface area (Å²) in [5.41, 5.74) is 0.751. The highest BCUT2D eigenvalue weighted by Gasteiger charge is 2.13. The van der Waals surface area contributed by atoms with Gasteiger partial charge in [-0.25, -0.2) is 0 Å². The van der Waals surface area contributed by atoms with Crippen LogP contribution in [0.15, 0.2) is 22.6 Å². The first-order valence-electron chi connectivity index (χ1n) is 7.00. The molecule has 1 heterocycles. The smallest absolute Gasteiger partial charge is 0.251 e. The molecule has 5 nitrogen and oxygen atoms in total. The minimum atomic E-state index is 0.454. The van der Waals surface area contributed by atoms with Crippen LogP contribution in [0, 0.1) is 0 Å². The molecule has 0 aliphatic carbocycles. The molecular formula is C15H20ClN3O2. The molecule has 1 aromatic carbocycles. The van der Waals surface area contributed by atoms with E-state index in [2.05, 4.69) is 29.4 Å². The first-order valence-corrected chi connectivity index (χ1v) is 7.37. The van der Waals surface area contributed by atoms with Crippen molar-refractivity contribution in [3.8, 4) is 17.2 Å². The zero-order valence-electron chi connectivity index (χ0n) is 12.5. The van der Waals surface area contributed by atoms with Crippen molar-refractivity contribution in [3.05, 3.63) is 29.1 Å². The van der Waals surface area contributed by atoms with E-state index in [1.807, 2.05) is 6.07 Å². The topological polar surface area (TPSA) is 60.2 Å². The summed E-state index contributed by atoms with van der Waals surface area (Å²) in [5.74, 6) is 1.71. The molecule has 2 rings (SSSR count). The molecule has 0 unspecified atom stereocenters. The molecule has 0 amide bonds. The molecule has 0 fully saturated rings. The highest BCUT2D eigenvalue weighted by molar-refractivity contribution is 6.30. The van der Waals surface area contributed by atoms with Crippen LogP contribution in [-0.2, 0) is 6.42 Å². The Balaban J connectivity index is 2.02. The number of hydrogen-bond acceptors (Lipinski definition) is 5. The van der Waals surface area contributed by atoms with Crippen molar-refractivity contribution in [2.45, 2.75) is 32.7 Å². The third-order valence-corrected chi connectivity index (χ3v) is 3.22. The highest BCUT2D eigenvalue weighted by atomic mass is 35.5. The van der Waals surface area contributed by atoms with Gasteiger partial charge >= 0.3 is 0 Å². The largest absolute Gasteiger partial charge is 0.496 e. The Morgan fingerprint density at radius 3 is 2.86 bits per heavy atom. The number of rotatable bonds is 7. The van der Waals surface area contributed by atoms with Crippen molar-refractivity contribution in [1.82, 2.24) is 15.5 Å². The Kier molecular flexibility index (Phi) is 5.59. The van der Waals surface area contributed by atoms with E-state index in [0.29, 0.717) is 28.6 Å². The van der Waals surface area contributed by atoms with Gasteiger partial charge in [0, 0.05) is 17.5 Å². The van der Waals surface area contributed by atoms with E-state index in [-0.39, 0.29) is 0 Å². The lowest BCUT2D eigenvalue weighted by Crippen LogP contribution is -2.23. The molecular weight excluding hydrogens is 290 g/mol. The number of nitrogens with one attached hydrogen (secondary N) is 1. The molecule has 0 aliphatic heterocycles. The van der Waals surface area contributed by atoms with E-state index in [9.17, 15) is 0 Å². The van der Waals surface area contributed by atoms with Gasteiger partial charge in [0.25, 0.3) is 5.89 Å². The van der Waals surface area contributed by atoms with Crippen LogP contribution in [0.25, 0.3) is 11.5 Å². The summed E-state index contributed by atoms with van der Waals surface area (Å²) >= 11 is 5.94. The second-order valence-electron chi connectivity index (χ2n) is 5.06. The fraction of sp³-hybridized carbons (Fsp3) is 0.467. The molecule has 0 atom stereocenters. The molecule has 1 aromatic heterocycles. The molecule has 21 heavy (non-hydrogen) atoms. The van der Waals surface area contributed by atoms with Gasteiger partial charge in [-0.15, -0.1) is 10.2 Å². The molecule has 0 bridgehead atoms. The van der Waals surface area contributed by atoms with E-state index in [4.69, 9.17) is 20.8 Å². The molecule has 114 valence electrons. The molecule has 2 aromatic rings. The van der Waals surface area contributed by atoms with E-state index in [1.165, 1.54) is 0 Å². The average Bonchev–Trinajstić information content (AvgIpc) is 2.92. The van der Waals surface area contributed by atoms with Gasteiger partial charge in [-0.05, 0) is 31.2 Å². The van der Waals surface area contributed by atoms with Gasteiger partial charge in [-0.2, -0.15) is 0 Å². The Bertz CT molecular complexity index is 584. The summed E-state index contributed by atoms with van der Waals surface area (Å²) in [6, 6.07) is 5.81. The van der Waals surface area contributed by atoms with Crippen LogP contribution in [0.1, 0.15) is 26.2 Å². The second kappa shape index (κ2) is 7.43. The van der Waals surface area contributed by atoms with Crippen LogP contribution in [0.4, 0.5) is 0 Å². The van der Waals surface area contributed by atoms with Gasteiger partial charge in [0.05, 0.1) is 12.7 Å². The average molecular weight is 310 g/mol. The Morgan fingerprint density at radius 1 is 1.33 bits per heavy atom. The van der Waals surface area contributed by atoms with E-state index in [1.54, 1.807) is 19.2 Å². The van der Waals surface area contributed by atoms with Crippen molar-refractivity contribution in [2.24, 2.45) is 0 Å². The van der Waals surface area contributed by atoms with Crippen LogP contribution in [0.5, 0.6) is 5.75 Å². The second-order valence-corrected chi connectivity index (χ2v) is 5.49.